The van der Waals surface area contributed by atoms with Crippen molar-refractivity contribution >= 4 is 27.6 Å². The van der Waals surface area contributed by atoms with Crippen molar-refractivity contribution in [3.05, 3.63) is 28.7 Å². The summed E-state index contributed by atoms with van der Waals surface area (Å²) in [4.78, 5) is 12.3. The molecule has 104 valence electrons. The highest BCUT2D eigenvalue weighted by molar-refractivity contribution is 9.10. The minimum atomic E-state index is -0.795. The van der Waals surface area contributed by atoms with Crippen LogP contribution in [0.5, 0.6) is 0 Å². The Kier molecular flexibility index (Phi) is 4.47. The molecule has 0 saturated carbocycles. The Morgan fingerprint density at radius 2 is 2.42 bits per heavy atom. The van der Waals surface area contributed by atoms with Crippen LogP contribution in [-0.2, 0) is 14.3 Å². The van der Waals surface area contributed by atoms with Crippen LogP contribution >= 0.6 is 15.9 Å². The van der Waals surface area contributed by atoms with E-state index in [9.17, 15) is 4.79 Å². The zero-order valence-electron chi connectivity index (χ0n) is 11.1. The molecule has 0 aromatic heterocycles. The van der Waals surface area contributed by atoms with E-state index in [1.165, 1.54) is 0 Å². The zero-order valence-corrected chi connectivity index (χ0v) is 12.7. The molecule has 1 saturated heterocycles. The highest BCUT2D eigenvalue weighted by atomic mass is 79.9. The van der Waals surface area contributed by atoms with Gasteiger partial charge >= 0.3 is 5.97 Å². The Hall–Kier alpha value is -1.07. The van der Waals surface area contributed by atoms with Crippen LogP contribution in [0, 0.1) is 0 Å². The van der Waals surface area contributed by atoms with E-state index in [0.29, 0.717) is 19.6 Å². The van der Waals surface area contributed by atoms with Crippen molar-refractivity contribution in [2.45, 2.75) is 31.9 Å². The topological polar surface area (TPSA) is 47.6 Å². The van der Waals surface area contributed by atoms with Gasteiger partial charge in [0.1, 0.15) is 0 Å². The van der Waals surface area contributed by atoms with Gasteiger partial charge in [0.25, 0.3) is 0 Å². The van der Waals surface area contributed by atoms with Gasteiger partial charge in [-0.15, -0.1) is 0 Å². The summed E-state index contributed by atoms with van der Waals surface area (Å²) in [5.41, 5.74) is 0.0800. The second-order valence-electron chi connectivity index (χ2n) is 4.59. The number of hydrogen-bond acceptors (Lipinski definition) is 4. The van der Waals surface area contributed by atoms with E-state index in [4.69, 9.17) is 9.47 Å². The lowest BCUT2D eigenvalue weighted by Gasteiger charge is -2.31. The molecule has 0 radical (unpaired) electrons. The van der Waals surface area contributed by atoms with E-state index in [1.807, 2.05) is 38.1 Å². The predicted octanol–water partition coefficient (Wildman–Crippen LogP) is 2.97. The minimum Gasteiger partial charge on any atom is -0.464 e. The molecule has 4 nitrogen and oxygen atoms in total. The van der Waals surface area contributed by atoms with Gasteiger partial charge in [-0.3, -0.25) is 0 Å². The smallest absolute Gasteiger partial charge is 0.334 e. The molecule has 1 aromatic rings. The number of carbonyl (C=O) groups is 1. The molecule has 1 aromatic carbocycles. The maximum absolute atomic E-state index is 12.3. The van der Waals surface area contributed by atoms with Gasteiger partial charge in [-0.25, -0.2) is 4.79 Å². The number of ether oxygens (including phenoxy) is 2. The summed E-state index contributed by atoms with van der Waals surface area (Å²) < 4.78 is 11.7. The number of nitrogens with one attached hydrogen (secondary N) is 1. The molecule has 1 N–H and O–H groups in total. The van der Waals surface area contributed by atoms with Gasteiger partial charge in [-0.2, -0.15) is 0 Å². The maximum atomic E-state index is 12.3. The number of anilines is 1. The van der Waals surface area contributed by atoms with Crippen molar-refractivity contribution in [3.8, 4) is 0 Å². The molecule has 5 heteroatoms. The Balaban J connectivity index is 2.26. The minimum absolute atomic E-state index is 0.217. The second-order valence-corrected chi connectivity index (χ2v) is 5.51. The van der Waals surface area contributed by atoms with Crippen LogP contribution in [-0.4, -0.2) is 30.8 Å². The van der Waals surface area contributed by atoms with Crippen LogP contribution < -0.4 is 5.32 Å². The molecule has 19 heavy (non-hydrogen) atoms. The third kappa shape index (κ3) is 2.92. The lowest BCUT2D eigenvalue weighted by atomic mass is 9.91. The van der Waals surface area contributed by atoms with Gasteiger partial charge in [0.15, 0.2) is 5.54 Å². The number of halogens is 1. The molecule has 0 bridgehead atoms. The highest BCUT2D eigenvalue weighted by Gasteiger charge is 2.49. The molecule has 2 atom stereocenters. The molecule has 1 aliphatic heterocycles. The lowest BCUT2D eigenvalue weighted by molar-refractivity contribution is -0.150. The Bertz CT molecular complexity index is 466. The van der Waals surface area contributed by atoms with Crippen molar-refractivity contribution in [2.75, 3.05) is 18.5 Å². The van der Waals surface area contributed by atoms with E-state index >= 15 is 0 Å². The largest absolute Gasteiger partial charge is 0.464 e. The fourth-order valence-corrected chi connectivity index (χ4v) is 2.71. The summed E-state index contributed by atoms with van der Waals surface area (Å²) in [5, 5.41) is 3.30. The fourth-order valence-electron chi connectivity index (χ4n) is 2.31. The van der Waals surface area contributed by atoms with Crippen LogP contribution in [0.3, 0.4) is 0 Å². The zero-order chi connectivity index (χ0) is 13.9. The Labute approximate surface area is 121 Å². The molecule has 2 unspecified atom stereocenters. The summed E-state index contributed by atoms with van der Waals surface area (Å²) >= 11 is 3.42. The third-order valence-electron chi connectivity index (χ3n) is 3.39. The van der Waals surface area contributed by atoms with Gasteiger partial charge in [-0.1, -0.05) is 22.0 Å². The summed E-state index contributed by atoms with van der Waals surface area (Å²) in [7, 11) is 0. The Morgan fingerprint density at radius 3 is 3.00 bits per heavy atom. The summed E-state index contributed by atoms with van der Waals surface area (Å²) in [6, 6.07) is 7.73. The standard InChI is InChI=1S/C14H18BrNO3/c1-3-18-13(17)14(7-8-19-10(14)2)16-12-6-4-5-11(15)9-12/h4-6,9-10,16H,3,7-8H2,1-2H3. The van der Waals surface area contributed by atoms with Crippen LogP contribution in [0.25, 0.3) is 0 Å². The van der Waals surface area contributed by atoms with Crippen molar-refractivity contribution in [2.24, 2.45) is 0 Å². The van der Waals surface area contributed by atoms with Crippen molar-refractivity contribution < 1.29 is 14.3 Å². The first-order chi connectivity index (χ1) is 9.08. The van der Waals surface area contributed by atoms with Crippen LogP contribution in [0.15, 0.2) is 28.7 Å². The Morgan fingerprint density at radius 1 is 1.63 bits per heavy atom. The molecule has 0 aliphatic carbocycles. The van der Waals surface area contributed by atoms with Gasteiger partial charge in [0.05, 0.1) is 12.7 Å². The van der Waals surface area contributed by atoms with E-state index in [1.54, 1.807) is 0 Å². The maximum Gasteiger partial charge on any atom is 0.334 e. The van der Waals surface area contributed by atoms with E-state index in [0.717, 1.165) is 10.2 Å². The SMILES string of the molecule is CCOC(=O)C1(Nc2cccc(Br)c2)CCOC1C. The normalized spacial score (nSPS) is 26.2. The third-order valence-corrected chi connectivity index (χ3v) is 3.88. The molecule has 2 rings (SSSR count). The van der Waals surface area contributed by atoms with Crippen molar-refractivity contribution in [1.29, 1.82) is 0 Å². The van der Waals surface area contributed by atoms with Gasteiger partial charge < -0.3 is 14.8 Å². The monoisotopic (exact) mass is 327 g/mol. The number of carbonyl (C=O) groups excluding carboxylic acids is 1. The second kappa shape index (κ2) is 5.92. The average Bonchev–Trinajstić information content (AvgIpc) is 2.72. The summed E-state index contributed by atoms with van der Waals surface area (Å²) in [5.74, 6) is -0.250. The van der Waals surface area contributed by atoms with E-state index in [-0.39, 0.29) is 12.1 Å². The lowest BCUT2D eigenvalue weighted by Crippen LogP contribution is -2.52. The number of esters is 1. The summed E-state index contributed by atoms with van der Waals surface area (Å²) in [6.07, 6.45) is 0.394. The number of rotatable bonds is 4. The van der Waals surface area contributed by atoms with E-state index < -0.39 is 5.54 Å². The van der Waals surface area contributed by atoms with Gasteiger partial charge in [0, 0.05) is 23.2 Å². The van der Waals surface area contributed by atoms with Crippen molar-refractivity contribution in [1.82, 2.24) is 0 Å². The molecule has 1 heterocycles. The molecule has 1 fully saturated rings. The number of hydrogen-bond donors (Lipinski definition) is 1. The summed E-state index contributed by atoms with van der Waals surface area (Å²) in [6.45, 7) is 4.63. The van der Waals surface area contributed by atoms with Crippen LogP contribution in [0.4, 0.5) is 5.69 Å². The molecule has 0 amide bonds. The first-order valence-electron chi connectivity index (χ1n) is 6.41. The van der Waals surface area contributed by atoms with E-state index in [2.05, 4.69) is 21.2 Å². The van der Waals surface area contributed by atoms with Crippen LogP contribution in [0.1, 0.15) is 20.3 Å². The van der Waals surface area contributed by atoms with Crippen LogP contribution in [0.2, 0.25) is 0 Å². The highest BCUT2D eigenvalue weighted by Crippen LogP contribution is 2.32. The number of benzene rings is 1. The van der Waals surface area contributed by atoms with Gasteiger partial charge in [-0.05, 0) is 32.0 Å². The molecule has 1 aliphatic rings. The quantitative estimate of drug-likeness (QED) is 0.864. The van der Waals surface area contributed by atoms with Gasteiger partial charge in [0.2, 0.25) is 0 Å². The average molecular weight is 328 g/mol. The fraction of sp³-hybridized carbons (Fsp3) is 0.500. The van der Waals surface area contributed by atoms with Crippen molar-refractivity contribution in [3.63, 3.8) is 0 Å². The molecule has 0 spiro atoms. The molecular formula is C14H18BrNO3. The molecular weight excluding hydrogens is 310 g/mol. The first-order valence-corrected chi connectivity index (χ1v) is 7.20. The first kappa shape index (κ1) is 14.3. The predicted molar refractivity (Wildman–Crippen MR) is 77.2 cm³/mol.